The zero-order chi connectivity index (χ0) is 20.5. The minimum Gasteiger partial charge on any atom is -0.341 e. The van der Waals surface area contributed by atoms with Crippen LogP contribution in [-0.2, 0) is 4.79 Å². The second kappa shape index (κ2) is 10.2. The minimum atomic E-state index is -0.650. The normalized spacial score (nSPS) is 11.7. The molecule has 0 aliphatic rings. The highest BCUT2D eigenvalue weighted by molar-refractivity contribution is 5.97. The summed E-state index contributed by atoms with van der Waals surface area (Å²) in [5.74, 6) is -0.327. The molecule has 0 fully saturated rings. The van der Waals surface area contributed by atoms with Gasteiger partial charge in [0.25, 0.3) is 0 Å². The molecule has 29 heavy (non-hydrogen) atoms. The molecule has 5 heteroatoms. The van der Waals surface area contributed by atoms with Crippen molar-refractivity contribution >= 4 is 11.9 Å². The van der Waals surface area contributed by atoms with Crippen molar-refractivity contribution in [1.82, 2.24) is 16.0 Å². The van der Waals surface area contributed by atoms with E-state index in [-0.39, 0.29) is 5.92 Å². The second-order valence-electron chi connectivity index (χ2n) is 6.69. The molecule has 0 aliphatic heterocycles. The molecule has 0 heterocycles. The van der Waals surface area contributed by atoms with Crippen molar-refractivity contribution < 1.29 is 9.59 Å². The monoisotopic (exact) mass is 387 g/mol. The number of carbonyl (C=O) groups excluding carboxylic acids is 2. The zero-order valence-corrected chi connectivity index (χ0v) is 16.3. The van der Waals surface area contributed by atoms with E-state index in [4.69, 9.17) is 0 Å². The highest BCUT2D eigenvalue weighted by Gasteiger charge is 2.24. The number of hydrogen-bond donors (Lipinski definition) is 3. The molecule has 3 aromatic carbocycles. The summed E-state index contributed by atoms with van der Waals surface area (Å²) in [6, 6.07) is 28.6. The van der Waals surface area contributed by atoms with E-state index in [0.29, 0.717) is 6.54 Å². The van der Waals surface area contributed by atoms with Crippen molar-refractivity contribution in [3.05, 3.63) is 108 Å². The Morgan fingerprint density at radius 3 is 1.62 bits per heavy atom. The Labute approximate surface area is 171 Å². The highest BCUT2D eigenvalue weighted by atomic mass is 16.2. The quantitative estimate of drug-likeness (QED) is 0.580. The minimum absolute atomic E-state index is 0.0661. The molecule has 3 N–H and O–H groups in total. The molecule has 1 atom stereocenters. The lowest BCUT2D eigenvalue weighted by Crippen LogP contribution is -2.44. The van der Waals surface area contributed by atoms with E-state index >= 15 is 0 Å². The zero-order valence-electron chi connectivity index (χ0n) is 16.3. The van der Waals surface area contributed by atoms with E-state index in [0.717, 1.165) is 16.7 Å². The summed E-state index contributed by atoms with van der Waals surface area (Å²) in [4.78, 5) is 24.4. The molecule has 0 aliphatic carbocycles. The number of benzene rings is 3. The number of imide groups is 1. The number of nitrogens with one attached hydrogen (secondary N) is 3. The molecule has 5 nitrogen and oxygen atoms in total. The number of rotatable bonds is 7. The van der Waals surface area contributed by atoms with Gasteiger partial charge in [-0.1, -0.05) is 91.0 Å². The molecule has 0 saturated carbocycles. The van der Waals surface area contributed by atoms with Gasteiger partial charge in [-0.3, -0.25) is 10.1 Å². The van der Waals surface area contributed by atoms with E-state index in [2.05, 4.69) is 40.2 Å². The third-order valence-electron chi connectivity index (χ3n) is 4.79. The van der Waals surface area contributed by atoms with Crippen molar-refractivity contribution in [1.29, 1.82) is 0 Å². The van der Waals surface area contributed by atoms with E-state index in [9.17, 15) is 9.59 Å². The summed E-state index contributed by atoms with van der Waals surface area (Å²) >= 11 is 0. The van der Waals surface area contributed by atoms with Gasteiger partial charge < -0.3 is 10.6 Å². The Bertz CT molecular complexity index is 875. The number of carbonyl (C=O) groups is 2. The Balaban J connectivity index is 1.85. The van der Waals surface area contributed by atoms with Crippen LogP contribution in [0.3, 0.4) is 0 Å². The van der Waals surface area contributed by atoms with Crippen LogP contribution >= 0.6 is 0 Å². The first kappa shape index (κ1) is 20.3. The van der Waals surface area contributed by atoms with E-state index < -0.39 is 18.0 Å². The predicted octanol–water partition coefficient (Wildman–Crippen LogP) is 3.61. The fourth-order valence-corrected chi connectivity index (χ4v) is 3.29. The van der Waals surface area contributed by atoms with Gasteiger partial charge in [0.05, 0.1) is 0 Å². The SMILES string of the molecule is CNC(=O)NC(=O)[C@H](NCC(c1ccccc1)c1ccccc1)c1ccccc1. The smallest absolute Gasteiger partial charge is 0.321 e. The first-order chi connectivity index (χ1) is 14.2. The van der Waals surface area contributed by atoms with Crippen molar-refractivity contribution in [2.24, 2.45) is 0 Å². The van der Waals surface area contributed by atoms with E-state index in [1.54, 1.807) is 0 Å². The Morgan fingerprint density at radius 2 is 1.17 bits per heavy atom. The van der Waals surface area contributed by atoms with Crippen molar-refractivity contribution in [3.8, 4) is 0 Å². The van der Waals surface area contributed by atoms with Crippen LogP contribution < -0.4 is 16.0 Å². The van der Waals surface area contributed by atoms with Gasteiger partial charge in [-0.25, -0.2) is 4.79 Å². The van der Waals surface area contributed by atoms with Gasteiger partial charge in [0.2, 0.25) is 5.91 Å². The van der Waals surface area contributed by atoms with Crippen LogP contribution in [-0.4, -0.2) is 25.5 Å². The molecule has 3 amide bonds. The molecule has 148 valence electrons. The first-order valence-electron chi connectivity index (χ1n) is 9.60. The van der Waals surface area contributed by atoms with Gasteiger partial charge in [-0.15, -0.1) is 0 Å². The van der Waals surface area contributed by atoms with Crippen LogP contribution in [0, 0.1) is 0 Å². The molecule has 0 unspecified atom stereocenters. The van der Waals surface area contributed by atoms with Gasteiger partial charge in [-0.2, -0.15) is 0 Å². The standard InChI is InChI=1S/C24H25N3O2/c1-25-24(29)27-23(28)22(20-15-9-4-10-16-20)26-17-21(18-11-5-2-6-12-18)19-13-7-3-8-14-19/h2-16,21-22,26H,17H2,1H3,(H2,25,27,28,29)/t22-/m1/s1. The Hall–Kier alpha value is -3.44. The summed E-state index contributed by atoms with van der Waals surface area (Å²) in [5.41, 5.74) is 3.11. The summed E-state index contributed by atoms with van der Waals surface area (Å²) in [5, 5.41) is 8.17. The Kier molecular flexibility index (Phi) is 7.14. The molecule has 3 aromatic rings. The van der Waals surface area contributed by atoms with Crippen LogP contribution in [0.2, 0.25) is 0 Å². The first-order valence-corrected chi connectivity index (χ1v) is 9.60. The lowest BCUT2D eigenvalue weighted by atomic mass is 9.90. The fourth-order valence-electron chi connectivity index (χ4n) is 3.29. The van der Waals surface area contributed by atoms with Crippen LogP contribution in [0.5, 0.6) is 0 Å². The highest BCUT2D eigenvalue weighted by Crippen LogP contribution is 2.25. The van der Waals surface area contributed by atoms with Gasteiger partial charge in [0.1, 0.15) is 6.04 Å². The molecule has 0 radical (unpaired) electrons. The van der Waals surface area contributed by atoms with Gasteiger partial charge in [-0.05, 0) is 16.7 Å². The molecular weight excluding hydrogens is 362 g/mol. The summed E-state index contributed by atoms with van der Waals surface area (Å²) in [6.07, 6.45) is 0. The predicted molar refractivity (Wildman–Crippen MR) is 115 cm³/mol. The number of hydrogen-bond acceptors (Lipinski definition) is 3. The topological polar surface area (TPSA) is 70.2 Å². The van der Waals surface area contributed by atoms with Crippen LogP contribution in [0.4, 0.5) is 4.79 Å². The lowest BCUT2D eigenvalue weighted by molar-refractivity contribution is -0.122. The fraction of sp³-hybridized carbons (Fsp3) is 0.167. The Morgan fingerprint density at radius 1 is 0.724 bits per heavy atom. The molecule has 3 rings (SSSR count). The molecular formula is C24H25N3O2. The van der Waals surface area contributed by atoms with Crippen LogP contribution in [0.15, 0.2) is 91.0 Å². The summed E-state index contributed by atoms with van der Waals surface area (Å²) in [6.45, 7) is 0.536. The van der Waals surface area contributed by atoms with Gasteiger partial charge >= 0.3 is 6.03 Å². The summed E-state index contributed by atoms with van der Waals surface area (Å²) < 4.78 is 0. The largest absolute Gasteiger partial charge is 0.341 e. The average molecular weight is 387 g/mol. The average Bonchev–Trinajstić information content (AvgIpc) is 2.78. The molecule has 0 bridgehead atoms. The molecule has 0 saturated heterocycles. The molecule has 0 spiro atoms. The van der Waals surface area contributed by atoms with Crippen LogP contribution in [0.25, 0.3) is 0 Å². The third kappa shape index (κ3) is 5.53. The molecule has 0 aromatic heterocycles. The maximum absolute atomic E-state index is 12.8. The number of urea groups is 1. The van der Waals surface area contributed by atoms with Crippen LogP contribution in [0.1, 0.15) is 28.7 Å². The second-order valence-corrected chi connectivity index (χ2v) is 6.69. The maximum Gasteiger partial charge on any atom is 0.321 e. The van der Waals surface area contributed by atoms with Crippen molar-refractivity contribution in [3.63, 3.8) is 0 Å². The van der Waals surface area contributed by atoms with E-state index in [1.807, 2.05) is 66.7 Å². The summed E-state index contributed by atoms with van der Waals surface area (Å²) in [7, 11) is 1.48. The van der Waals surface area contributed by atoms with Crippen molar-refractivity contribution in [2.45, 2.75) is 12.0 Å². The maximum atomic E-state index is 12.8. The lowest BCUT2D eigenvalue weighted by Gasteiger charge is -2.23. The van der Waals surface area contributed by atoms with E-state index in [1.165, 1.54) is 7.05 Å². The van der Waals surface area contributed by atoms with Crippen molar-refractivity contribution in [2.75, 3.05) is 13.6 Å². The third-order valence-corrected chi connectivity index (χ3v) is 4.79. The number of amides is 3. The van der Waals surface area contributed by atoms with Gasteiger partial charge in [0, 0.05) is 19.5 Å². The van der Waals surface area contributed by atoms with Gasteiger partial charge in [0.15, 0.2) is 0 Å².